The van der Waals surface area contributed by atoms with Crippen LogP contribution >= 0.6 is 0 Å². The fraction of sp³-hybridized carbons (Fsp3) is 0.0667. The third-order valence-electron chi connectivity index (χ3n) is 2.69. The predicted molar refractivity (Wildman–Crippen MR) is 77.0 cm³/mol. The van der Waals surface area contributed by atoms with Gasteiger partial charge in [0.15, 0.2) is 0 Å². The lowest BCUT2D eigenvalue weighted by molar-refractivity contribution is 0.0955. The highest BCUT2D eigenvalue weighted by Crippen LogP contribution is 2.06. The first kappa shape index (κ1) is 12.8. The zero-order chi connectivity index (χ0) is 13.7. The number of hydrogen-bond acceptors (Lipinski definition) is 3. The summed E-state index contributed by atoms with van der Waals surface area (Å²) in [7, 11) is 0. The Morgan fingerprint density at radius 2 is 1.63 bits per heavy atom. The standard InChI is InChI=1S/C15H15N3O/c1-11(12-7-9-14(16)10-8-12)17-18-15(19)13-5-3-2-4-6-13/h2-10H,16H2,1H3,(H,18,19). The van der Waals surface area contributed by atoms with Crippen LogP contribution in [0.1, 0.15) is 22.8 Å². The van der Waals surface area contributed by atoms with Gasteiger partial charge in [0.2, 0.25) is 0 Å². The largest absolute Gasteiger partial charge is 0.399 e. The minimum Gasteiger partial charge on any atom is -0.399 e. The van der Waals surface area contributed by atoms with Gasteiger partial charge in [0, 0.05) is 11.3 Å². The van der Waals surface area contributed by atoms with Crippen LogP contribution in [0.2, 0.25) is 0 Å². The number of rotatable bonds is 3. The lowest BCUT2D eigenvalue weighted by Gasteiger charge is -2.03. The van der Waals surface area contributed by atoms with Gasteiger partial charge < -0.3 is 5.73 Å². The highest BCUT2D eigenvalue weighted by atomic mass is 16.2. The third kappa shape index (κ3) is 3.42. The first-order valence-corrected chi connectivity index (χ1v) is 5.92. The number of nitrogen functional groups attached to an aromatic ring is 1. The maximum absolute atomic E-state index is 11.8. The van der Waals surface area contributed by atoms with Crippen LogP contribution < -0.4 is 11.2 Å². The smallest absolute Gasteiger partial charge is 0.271 e. The second-order valence-electron chi connectivity index (χ2n) is 4.13. The lowest BCUT2D eigenvalue weighted by Crippen LogP contribution is -2.19. The van der Waals surface area contributed by atoms with Gasteiger partial charge in [-0.25, -0.2) is 5.43 Å². The van der Waals surface area contributed by atoms with Crippen LogP contribution in [0.5, 0.6) is 0 Å². The summed E-state index contributed by atoms with van der Waals surface area (Å²) < 4.78 is 0. The number of carbonyl (C=O) groups excluding carboxylic acids is 1. The second kappa shape index (κ2) is 5.82. The quantitative estimate of drug-likeness (QED) is 0.501. The molecule has 2 aromatic rings. The lowest BCUT2D eigenvalue weighted by atomic mass is 10.1. The number of hydrazone groups is 1. The molecule has 4 nitrogen and oxygen atoms in total. The number of amides is 1. The summed E-state index contributed by atoms with van der Waals surface area (Å²) in [5.41, 5.74) is 11.1. The zero-order valence-corrected chi connectivity index (χ0v) is 10.6. The van der Waals surface area contributed by atoms with Gasteiger partial charge >= 0.3 is 0 Å². The monoisotopic (exact) mass is 253 g/mol. The van der Waals surface area contributed by atoms with Crippen LogP contribution in [0.25, 0.3) is 0 Å². The van der Waals surface area contributed by atoms with Crippen molar-refractivity contribution in [3.05, 3.63) is 65.7 Å². The van der Waals surface area contributed by atoms with E-state index >= 15 is 0 Å². The molecule has 0 spiro atoms. The van der Waals surface area contributed by atoms with Gasteiger partial charge in [0.1, 0.15) is 0 Å². The van der Waals surface area contributed by atoms with E-state index in [-0.39, 0.29) is 5.91 Å². The Balaban J connectivity index is 2.06. The molecule has 0 saturated heterocycles. The molecular weight excluding hydrogens is 238 g/mol. The van der Waals surface area contributed by atoms with Gasteiger partial charge in [-0.15, -0.1) is 0 Å². The maximum Gasteiger partial charge on any atom is 0.271 e. The summed E-state index contributed by atoms with van der Waals surface area (Å²) in [4.78, 5) is 11.8. The van der Waals surface area contributed by atoms with Crippen molar-refractivity contribution in [3.8, 4) is 0 Å². The first-order chi connectivity index (χ1) is 9.16. The molecule has 0 heterocycles. The molecule has 0 fully saturated rings. The SMILES string of the molecule is CC(=NNC(=O)c1ccccc1)c1ccc(N)cc1. The fourth-order valence-electron chi connectivity index (χ4n) is 1.58. The Bertz CT molecular complexity index is 589. The van der Waals surface area contributed by atoms with Gasteiger partial charge in [-0.05, 0) is 36.8 Å². The molecule has 96 valence electrons. The number of benzene rings is 2. The van der Waals surface area contributed by atoms with Crippen molar-refractivity contribution in [2.75, 3.05) is 5.73 Å². The molecule has 19 heavy (non-hydrogen) atoms. The van der Waals surface area contributed by atoms with Crippen molar-refractivity contribution >= 4 is 17.3 Å². The normalized spacial score (nSPS) is 11.1. The van der Waals surface area contributed by atoms with E-state index in [1.54, 1.807) is 24.3 Å². The van der Waals surface area contributed by atoms with E-state index in [0.29, 0.717) is 11.3 Å². The summed E-state index contributed by atoms with van der Waals surface area (Å²) in [6, 6.07) is 16.3. The molecule has 0 saturated carbocycles. The van der Waals surface area contributed by atoms with E-state index in [9.17, 15) is 4.79 Å². The summed E-state index contributed by atoms with van der Waals surface area (Å²) in [5.74, 6) is -0.226. The number of nitrogens with one attached hydrogen (secondary N) is 1. The summed E-state index contributed by atoms with van der Waals surface area (Å²) in [5, 5.41) is 4.08. The molecular formula is C15H15N3O. The minimum absolute atomic E-state index is 0.226. The fourth-order valence-corrected chi connectivity index (χ4v) is 1.58. The van der Waals surface area contributed by atoms with Crippen LogP contribution in [0, 0.1) is 0 Å². The molecule has 2 rings (SSSR count). The van der Waals surface area contributed by atoms with Crippen LogP contribution in [0.15, 0.2) is 59.7 Å². The average Bonchev–Trinajstić information content (AvgIpc) is 2.46. The van der Waals surface area contributed by atoms with E-state index in [0.717, 1.165) is 11.3 Å². The second-order valence-corrected chi connectivity index (χ2v) is 4.13. The van der Waals surface area contributed by atoms with E-state index < -0.39 is 0 Å². The maximum atomic E-state index is 11.8. The Morgan fingerprint density at radius 1 is 1.00 bits per heavy atom. The van der Waals surface area contributed by atoms with E-state index in [4.69, 9.17) is 5.73 Å². The number of nitrogens with zero attached hydrogens (tertiary/aromatic N) is 1. The molecule has 2 aromatic carbocycles. The molecule has 0 radical (unpaired) electrons. The van der Waals surface area contributed by atoms with Gasteiger partial charge in [0.25, 0.3) is 5.91 Å². The molecule has 0 aliphatic carbocycles. The number of nitrogens with two attached hydrogens (primary N) is 1. The molecule has 0 unspecified atom stereocenters. The first-order valence-electron chi connectivity index (χ1n) is 5.92. The van der Waals surface area contributed by atoms with E-state index in [2.05, 4.69) is 10.5 Å². The summed E-state index contributed by atoms with van der Waals surface area (Å²) >= 11 is 0. The van der Waals surface area contributed by atoms with E-state index in [1.807, 2.05) is 37.3 Å². The minimum atomic E-state index is -0.226. The zero-order valence-electron chi connectivity index (χ0n) is 10.6. The third-order valence-corrected chi connectivity index (χ3v) is 2.69. The van der Waals surface area contributed by atoms with Crippen LogP contribution in [-0.2, 0) is 0 Å². The Morgan fingerprint density at radius 3 is 2.26 bits per heavy atom. The molecule has 0 aromatic heterocycles. The van der Waals surface area contributed by atoms with Crippen molar-refractivity contribution in [2.24, 2.45) is 5.10 Å². The topological polar surface area (TPSA) is 67.5 Å². The molecule has 0 aliphatic rings. The van der Waals surface area contributed by atoms with E-state index in [1.165, 1.54) is 0 Å². The van der Waals surface area contributed by atoms with Crippen LogP contribution in [-0.4, -0.2) is 11.6 Å². The highest BCUT2D eigenvalue weighted by molar-refractivity contribution is 6.01. The van der Waals surface area contributed by atoms with Crippen LogP contribution in [0.3, 0.4) is 0 Å². The Kier molecular flexibility index (Phi) is 3.93. The van der Waals surface area contributed by atoms with Crippen molar-refractivity contribution in [3.63, 3.8) is 0 Å². The van der Waals surface area contributed by atoms with Gasteiger partial charge in [-0.2, -0.15) is 5.10 Å². The Labute approximate surface area is 112 Å². The van der Waals surface area contributed by atoms with Crippen molar-refractivity contribution in [1.29, 1.82) is 0 Å². The average molecular weight is 253 g/mol. The molecule has 1 amide bonds. The van der Waals surface area contributed by atoms with Crippen molar-refractivity contribution in [2.45, 2.75) is 6.92 Å². The number of anilines is 1. The summed E-state index contributed by atoms with van der Waals surface area (Å²) in [6.45, 7) is 1.83. The van der Waals surface area contributed by atoms with Crippen LogP contribution in [0.4, 0.5) is 5.69 Å². The molecule has 0 bridgehead atoms. The summed E-state index contributed by atoms with van der Waals surface area (Å²) in [6.07, 6.45) is 0. The van der Waals surface area contributed by atoms with Gasteiger partial charge in [-0.1, -0.05) is 30.3 Å². The molecule has 3 N–H and O–H groups in total. The molecule has 0 aliphatic heterocycles. The van der Waals surface area contributed by atoms with Crippen molar-refractivity contribution in [1.82, 2.24) is 5.43 Å². The number of hydrogen-bond donors (Lipinski definition) is 2. The molecule has 0 atom stereocenters. The highest BCUT2D eigenvalue weighted by Gasteiger charge is 2.03. The van der Waals surface area contributed by atoms with Crippen molar-refractivity contribution < 1.29 is 4.79 Å². The van der Waals surface area contributed by atoms with Gasteiger partial charge in [0.05, 0.1) is 5.71 Å². The number of carbonyl (C=O) groups is 1. The predicted octanol–water partition coefficient (Wildman–Crippen LogP) is 2.42. The molecule has 4 heteroatoms. The Hall–Kier alpha value is -2.62. The van der Waals surface area contributed by atoms with Gasteiger partial charge in [-0.3, -0.25) is 4.79 Å².